The molecule has 0 bridgehead atoms. The number of nitrogens with one attached hydrogen (secondary N) is 1. The number of aliphatic carboxylic acids is 1. The van der Waals surface area contributed by atoms with Crippen LogP contribution >= 0.6 is 0 Å². The Morgan fingerprint density at radius 2 is 2.10 bits per heavy atom. The number of amides is 2. The van der Waals surface area contributed by atoms with Crippen molar-refractivity contribution < 1.29 is 19.1 Å². The molecule has 1 aliphatic heterocycles. The van der Waals surface area contributed by atoms with E-state index in [9.17, 15) is 9.59 Å². The zero-order chi connectivity index (χ0) is 14.5. The average Bonchev–Trinajstić information content (AvgIpc) is 2.97. The van der Waals surface area contributed by atoms with Gasteiger partial charge >= 0.3 is 12.0 Å². The molecule has 2 N–H and O–H groups in total. The molecule has 110 valence electrons. The number of furan rings is 1. The molecule has 1 saturated heterocycles. The highest BCUT2D eigenvalue weighted by Gasteiger charge is 2.26. The van der Waals surface area contributed by atoms with Crippen molar-refractivity contribution in [2.45, 2.75) is 19.5 Å². The van der Waals surface area contributed by atoms with E-state index in [0.717, 1.165) is 5.56 Å². The van der Waals surface area contributed by atoms with Crippen LogP contribution in [0, 0.1) is 0 Å². The van der Waals surface area contributed by atoms with Crippen LogP contribution in [0.1, 0.15) is 12.5 Å². The predicted octanol–water partition coefficient (Wildman–Crippen LogP) is 0.580. The van der Waals surface area contributed by atoms with Crippen molar-refractivity contribution in [1.29, 1.82) is 0 Å². The lowest BCUT2D eigenvalue weighted by molar-refractivity contribution is -0.143. The summed E-state index contributed by atoms with van der Waals surface area (Å²) in [6.45, 7) is 4.32. The lowest BCUT2D eigenvalue weighted by atomic mass is 10.2. The van der Waals surface area contributed by atoms with Gasteiger partial charge in [0.25, 0.3) is 0 Å². The molecule has 0 saturated carbocycles. The Morgan fingerprint density at radius 3 is 2.65 bits per heavy atom. The van der Waals surface area contributed by atoms with Gasteiger partial charge in [-0.2, -0.15) is 0 Å². The van der Waals surface area contributed by atoms with Gasteiger partial charge in [0.2, 0.25) is 0 Å². The van der Waals surface area contributed by atoms with Gasteiger partial charge in [0, 0.05) is 38.3 Å². The van der Waals surface area contributed by atoms with Crippen LogP contribution in [0.5, 0.6) is 0 Å². The summed E-state index contributed by atoms with van der Waals surface area (Å²) in [5.74, 6) is -0.831. The monoisotopic (exact) mass is 281 g/mol. The number of hydrogen-bond donors (Lipinski definition) is 2. The fourth-order valence-corrected chi connectivity index (χ4v) is 2.15. The van der Waals surface area contributed by atoms with Crippen LogP contribution in [0.15, 0.2) is 23.0 Å². The number of carboxylic acids is 1. The molecule has 1 fully saturated rings. The molecular weight excluding hydrogens is 262 g/mol. The molecule has 1 aliphatic rings. The summed E-state index contributed by atoms with van der Waals surface area (Å²) in [5, 5.41) is 11.8. The topological polar surface area (TPSA) is 86.0 Å². The second kappa shape index (κ2) is 6.42. The van der Waals surface area contributed by atoms with Crippen molar-refractivity contribution in [3.05, 3.63) is 24.2 Å². The molecule has 7 nitrogen and oxygen atoms in total. The Hall–Kier alpha value is -2.02. The van der Waals surface area contributed by atoms with Crippen LogP contribution in [-0.4, -0.2) is 59.1 Å². The van der Waals surface area contributed by atoms with E-state index in [2.05, 4.69) is 5.32 Å². The van der Waals surface area contributed by atoms with Crippen LogP contribution in [0.3, 0.4) is 0 Å². The van der Waals surface area contributed by atoms with E-state index in [1.165, 1.54) is 0 Å². The molecule has 1 atom stereocenters. The van der Waals surface area contributed by atoms with Gasteiger partial charge in [0.05, 0.1) is 12.5 Å². The first-order chi connectivity index (χ1) is 9.58. The van der Waals surface area contributed by atoms with Crippen LogP contribution in [0.25, 0.3) is 0 Å². The highest BCUT2D eigenvalue weighted by molar-refractivity contribution is 5.75. The summed E-state index contributed by atoms with van der Waals surface area (Å²) in [5.41, 5.74) is 0.913. The molecule has 1 aromatic rings. The summed E-state index contributed by atoms with van der Waals surface area (Å²) in [6.07, 6.45) is 3.15. The quantitative estimate of drug-likeness (QED) is 0.843. The molecule has 1 unspecified atom stereocenters. The molecule has 0 radical (unpaired) electrons. The first-order valence-electron chi connectivity index (χ1n) is 6.58. The molecule has 1 aromatic heterocycles. The normalized spacial score (nSPS) is 17.8. The van der Waals surface area contributed by atoms with Crippen LogP contribution < -0.4 is 5.32 Å². The van der Waals surface area contributed by atoms with Crippen LogP contribution in [-0.2, 0) is 11.3 Å². The maximum atomic E-state index is 12.0. The third kappa shape index (κ3) is 3.51. The summed E-state index contributed by atoms with van der Waals surface area (Å²) in [7, 11) is 0. The maximum Gasteiger partial charge on any atom is 0.320 e. The summed E-state index contributed by atoms with van der Waals surface area (Å²) >= 11 is 0. The van der Waals surface area contributed by atoms with E-state index in [0.29, 0.717) is 32.7 Å². The van der Waals surface area contributed by atoms with Gasteiger partial charge in [-0.05, 0) is 13.0 Å². The van der Waals surface area contributed by atoms with Crippen molar-refractivity contribution in [2.75, 3.05) is 26.2 Å². The number of nitrogens with zero attached hydrogens (tertiary/aromatic N) is 2. The fourth-order valence-electron chi connectivity index (χ4n) is 2.15. The summed E-state index contributed by atoms with van der Waals surface area (Å²) in [4.78, 5) is 26.4. The SMILES string of the molecule is CC(C(=O)O)N1CCN(C(=O)NCc2ccoc2)CC1. The number of carbonyl (C=O) groups is 2. The maximum absolute atomic E-state index is 12.0. The molecule has 2 rings (SSSR count). The van der Waals surface area contributed by atoms with Gasteiger partial charge < -0.3 is 19.7 Å². The first-order valence-corrected chi connectivity index (χ1v) is 6.58. The summed E-state index contributed by atoms with van der Waals surface area (Å²) < 4.78 is 4.93. The lowest BCUT2D eigenvalue weighted by Crippen LogP contribution is -2.54. The van der Waals surface area contributed by atoms with Gasteiger partial charge in [-0.25, -0.2) is 4.79 Å². The van der Waals surface area contributed by atoms with Crippen LogP contribution in [0.2, 0.25) is 0 Å². The Bertz CT molecular complexity index is 452. The molecular formula is C13H19N3O4. The highest BCUT2D eigenvalue weighted by Crippen LogP contribution is 2.07. The lowest BCUT2D eigenvalue weighted by Gasteiger charge is -2.36. The smallest absolute Gasteiger partial charge is 0.320 e. The first kappa shape index (κ1) is 14.4. The average molecular weight is 281 g/mol. The Balaban J connectivity index is 1.75. The minimum atomic E-state index is -0.831. The van der Waals surface area contributed by atoms with Crippen molar-refractivity contribution >= 4 is 12.0 Å². The Kier molecular flexibility index (Phi) is 4.62. The van der Waals surface area contributed by atoms with E-state index in [1.54, 1.807) is 30.4 Å². The predicted molar refractivity (Wildman–Crippen MR) is 71.2 cm³/mol. The Labute approximate surface area is 117 Å². The van der Waals surface area contributed by atoms with Gasteiger partial charge in [0.1, 0.15) is 6.04 Å². The number of hydrogen-bond acceptors (Lipinski definition) is 4. The van der Waals surface area contributed by atoms with Gasteiger partial charge in [-0.15, -0.1) is 0 Å². The molecule has 0 aliphatic carbocycles. The third-order valence-corrected chi connectivity index (χ3v) is 3.53. The molecule has 2 amide bonds. The standard InChI is InChI=1S/C13H19N3O4/c1-10(12(17)18)15-3-5-16(6-4-15)13(19)14-8-11-2-7-20-9-11/h2,7,9-10H,3-6,8H2,1H3,(H,14,19)(H,17,18). The number of urea groups is 1. The molecule has 2 heterocycles. The van der Waals surface area contributed by atoms with Crippen LogP contribution in [0.4, 0.5) is 4.79 Å². The number of carboxylic acid groups (broad SMARTS) is 1. The third-order valence-electron chi connectivity index (χ3n) is 3.53. The van der Waals surface area contributed by atoms with Crippen molar-refractivity contribution in [3.63, 3.8) is 0 Å². The van der Waals surface area contributed by atoms with Crippen molar-refractivity contribution in [3.8, 4) is 0 Å². The van der Waals surface area contributed by atoms with E-state index in [1.807, 2.05) is 4.90 Å². The zero-order valence-corrected chi connectivity index (χ0v) is 11.4. The Morgan fingerprint density at radius 1 is 1.40 bits per heavy atom. The highest BCUT2D eigenvalue weighted by atomic mass is 16.4. The minimum Gasteiger partial charge on any atom is -0.480 e. The molecule has 0 spiro atoms. The minimum absolute atomic E-state index is 0.131. The van der Waals surface area contributed by atoms with Crippen molar-refractivity contribution in [1.82, 2.24) is 15.1 Å². The molecule has 0 aromatic carbocycles. The van der Waals surface area contributed by atoms with E-state index in [-0.39, 0.29) is 6.03 Å². The molecule has 20 heavy (non-hydrogen) atoms. The summed E-state index contributed by atoms with van der Waals surface area (Å²) in [6, 6.07) is 1.16. The van der Waals surface area contributed by atoms with E-state index in [4.69, 9.17) is 9.52 Å². The zero-order valence-electron chi connectivity index (χ0n) is 11.4. The number of piperazine rings is 1. The fraction of sp³-hybridized carbons (Fsp3) is 0.538. The van der Waals surface area contributed by atoms with E-state index >= 15 is 0 Å². The number of carbonyl (C=O) groups excluding carboxylic acids is 1. The van der Waals surface area contributed by atoms with E-state index < -0.39 is 12.0 Å². The second-order valence-corrected chi connectivity index (χ2v) is 4.83. The van der Waals surface area contributed by atoms with Gasteiger partial charge in [-0.1, -0.05) is 0 Å². The van der Waals surface area contributed by atoms with Gasteiger partial charge in [-0.3, -0.25) is 9.69 Å². The second-order valence-electron chi connectivity index (χ2n) is 4.83. The van der Waals surface area contributed by atoms with Crippen molar-refractivity contribution in [2.24, 2.45) is 0 Å². The van der Waals surface area contributed by atoms with Gasteiger partial charge in [0.15, 0.2) is 0 Å². The number of rotatable bonds is 4. The molecule has 7 heteroatoms. The largest absolute Gasteiger partial charge is 0.480 e.